The zero-order valence-corrected chi connectivity index (χ0v) is 15.9. The van der Waals surface area contributed by atoms with Crippen molar-refractivity contribution in [3.05, 3.63) is 11.8 Å². The van der Waals surface area contributed by atoms with Gasteiger partial charge in [0.15, 0.2) is 0 Å². The number of methoxy groups -OCH3 is 1. The van der Waals surface area contributed by atoms with Gasteiger partial charge in [-0.05, 0) is 61.2 Å². The second kappa shape index (κ2) is 5.59. The van der Waals surface area contributed by atoms with Crippen LogP contribution in [0, 0.1) is 40.4 Å². The summed E-state index contributed by atoms with van der Waals surface area (Å²) in [6.07, 6.45) is 8.28. The van der Waals surface area contributed by atoms with Crippen molar-refractivity contribution >= 4 is 11.9 Å². The second-order valence-corrected chi connectivity index (χ2v) is 9.39. The number of esters is 1. The van der Waals surface area contributed by atoms with Crippen LogP contribution in [0.25, 0.3) is 0 Å². The van der Waals surface area contributed by atoms with Gasteiger partial charge in [-0.15, -0.1) is 0 Å². The number of nitrogens with one attached hydrogen (secondary N) is 1. The van der Waals surface area contributed by atoms with E-state index in [1.807, 2.05) is 0 Å². The van der Waals surface area contributed by atoms with Crippen molar-refractivity contribution in [2.24, 2.45) is 40.4 Å². The smallest absolute Gasteiger partial charge is 0.309 e. The van der Waals surface area contributed by atoms with Crippen LogP contribution in [0.3, 0.4) is 0 Å². The molecule has 25 heavy (non-hydrogen) atoms. The number of hydrogen-bond acceptors (Lipinski definition) is 3. The summed E-state index contributed by atoms with van der Waals surface area (Å²) in [4.78, 5) is 24.3. The minimum atomic E-state index is -0.0146. The molecule has 1 saturated heterocycles. The van der Waals surface area contributed by atoms with E-state index >= 15 is 0 Å². The zero-order chi connectivity index (χ0) is 18.0. The van der Waals surface area contributed by atoms with E-state index in [1.54, 1.807) is 0 Å². The minimum Gasteiger partial charge on any atom is -0.469 e. The van der Waals surface area contributed by atoms with Gasteiger partial charge in [0.2, 0.25) is 5.91 Å². The molecule has 0 radical (unpaired) electrons. The first kappa shape index (κ1) is 17.1. The molecule has 0 bridgehead atoms. The molecule has 3 aliphatic carbocycles. The highest BCUT2D eigenvalue weighted by Gasteiger charge is 2.61. The van der Waals surface area contributed by atoms with E-state index in [1.165, 1.54) is 12.8 Å². The van der Waals surface area contributed by atoms with Crippen molar-refractivity contribution in [2.45, 2.75) is 59.3 Å². The fourth-order valence-electron chi connectivity index (χ4n) is 7.06. The molecule has 1 N–H and O–H groups in total. The highest BCUT2D eigenvalue weighted by atomic mass is 16.5. The topological polar surface area (TPSA) is 55.4 Å². The Hall–Kier alpha value is -1.32. The zero-order valence-electron chi connectivity index (χ0n) is 15.9. The van der Waals surface area contributed by atoms with Crippen molar-refractivity contribution in [1.82, 2.24) is 5.32 Å². The second-order valence-electron chi connectivity index (χ2n) is 9.39. The van der Waals surface area contributed by atoms with Crippen LogP contribution < -0.4 is 5.32 Å². The van der Waals surface area contributed by atoms with Crippen LogP contribution in [-0.4, -0.2) is 19.0 Å². The highest BCUT2D eigenvalue weighted by molar-refractivity contribution is 5.79. The maximum atomic E-state index is 12.4. The molecule has 0 aromatic carbocycles. The molecule has 3 fully saturated rings. The molecular formula is C21H31NO3. The van der Waals surface area contributed by atoms with Gasteiger partial charge in [-0.3, -0.25) is 9.59 Å². The number of rotatable bonds is 1. The van der Waals surface area contributed by atoms with Gasteiger partial charge in [0.05, 0.1) is 13.0 Å². The molecule has 4 heteroatoms. The molecule has 0 aromatic heterocycles. The summed E-state index contributed by atoms with van der Waals surface area (Å²) in [5.74, 6) is 2.46. The monoisotopic (exact) mass is 345 g/mol. The standard InChI is InChI=1S/C21H31NO3/c1-12-11-16-21(3,10-8-17(23)22-16)14-7-9-20(2)13(18(12)14)5-6-15(20)19(24)25-4/h11-15,18H,5-10H2,1-4H3,(H,22,23)/t12?,13-,14+,15?,18-,20-,21+/m0/s1. The van der Waals surface area contributed by atoms with Crippen molar-refractivity contribution in [3.8, 4) is 0 Å². The van der Waals surface area contributed by atoms with Gasteiger partial charge < -0.3 is 10.1 Å². The fraction of sp³-hybridized carbons (Fsp3) is 0.810. The van der Waals surface area contributed by atoms with Crippen LogP contribution in [0.2, 0.25) is 0 Å². The lowest BCUT2D eigenvalue weighted by Gasteiger charge is -2.58. The van der Waals surface area contributed by atoms with Gasteiger partial charge >= 0.3 is 5.97 Å². The Morgan fingerprint density at radius 1 is 1.20 bits per heavy atom. The third-order valence-corrected chi connectivity index (χ3v) is 8.43. The summed E-state index contributed by atoms with van der Waals surface area (Å²) in [5, 5.41) is 3.18. The Kier molecular flexibility index (Phi) is 3.82. The van der Waals surface area contributed by atoms with E-state index in [-0.39, 0.29) is 28.6 Å². The summed E-state index contributed by atoms with van der Waals surface area (Å²) in [5.41, 5.74) is 1.33. The molecule has 1 aliphatic heterocycles. The number of fused-ring (bicyclic) bond motifs is 5. The molecule has 1 heterocycles. The fourth-order valence-corrected chi connectivity index (χ4v) is 7.06. The summed E-state index contributed by atoms with van der Waals surface area (Å²) >= 11 is 0. The molecule has 4 nitrogen and oxygen atoms in total. The number of hydrogen-bond donors (Lipinski definition) is 1. The molecule has 2 unspecified atom stereocenters. The van der Waals surface area contributed by atoms with E-state index in [2.05, 4.69) is 32.2 Å². The number of carbonyl (C=O) groups is 2. The predicted molar refractivity (Wildman–Crippen MR) is 95.3 cm³/mol. The Bertz CT molecular complexity index is 641. The summed E-state index contributed by atoms with van der Waals surface area (Å²) in [6, 6.07) is 0. The van der Waals surface area contributed by atoms with Crippen molar-refractivity contribution < 1.29 is 14.3 Å². The molecule has 4 rings (SSSR count). The van der Waals surface area contributed by atoms with Gasteiger partial charge in [0, 0.05) is 17.5 Å². The lowest BCUT2D eigenvalue weighted by Crippen LogP contribution is -2.55. The average molecular weight is 345 g/mol. The van der Waals surface area contributed by atoms with Crippen molar-refractivity contribution in [2.75, 3.05) is 7.11 Å². The van der Waals surface area contributed by atoms with Crippen LogP contribution in [-0.2, 0) is 14.3 Å². The Balaban J connectivity index is 1.70. The van der Waals surface area contributed by atoms with E-state index < -0.39 is 0 Å². The molecule has 0 spiro atoms. The normalized spacial score (nSPS) is 48.6. The Morgan fingerprint density at radius 3 is 2.68 bits per heavy atom. The van der Waals surface area contributed by atoms with Crippen LogP contribution in [0.1, 0.15) is 59.3 Å². The van der Waals surface area contributed by atoms with Gasteiger partial charge in [0.25, 0.3) is 0 Å². The molecule has 4 aliphatic rings. The van der Waals surface area contributed by atoms with Crippen LogP contribution in [0.4, 0.5) is 0 Å². The third-order valence-electron chi connectivity index (χ3n) is 8.43. The number of piperidine rings is 1. The largest absolute Gasteiger partial charge is 0.469 e. The molecule has 2 saturated carbocycles. The lowest BCUT2D eigenvalue weighted by atomic mass is 9.47. The SMILES string of the molecule is COC(=O)C1CC[C@H]2[C@@H]3C(C)C=C4NC(=O)CC[C@]4(C)[C@@H]3CC[C@]12C. The van der Waals surface area contributed by atoms with Gasteiger partial charge in [-0.25, -0.2) is 0 Å². The first-order valence-electron chi connectivity index (χ1n) is 9.91. The summed E-state index contributed by atoms with van der Waals surface area (Å²) in [6.45, 7) is 7.00. The van der Waals surface area contributed by atoms with Crippen LogP contribution in [0.5, 0.6) is 0 Å². The van der Waals surface area contributed by atoms with Gasteiger partial charge in [-0.2, -0.15) is 0 Å². The predicted octanol–water partition coefficient (Wildman–Crippen LogP) is 3.67. The Labute approximate surface area is 150 Å². The summed E-state index contributed by atoms with van der Waals surface area (Å²) in [7, 11) is 1.52. The molecule has 7 atom stereocenters. The molecular weight excluding hydrogens is 314 g/mol. The van der Waals surface area contributed by atoms with Crippen LogP contribution in [0.15, 0.2) is 11.8 Å². The molecule has 138 valence electrons. The first-order valence-corrected chi connectivity index (χ1v) is 9.91. The van der Waals surface area contributed by atoms with E-state index in [0.717, 1.165) is 32.1 Å². The van der Waals surface area contributed by atoms with Crippen molar-refractivity contribution in [1.29, 1.82) is 0 Å². The minimum absolute atomic E-state index is 0.0146. The molecule has 0 aromatic rings. The maximum absolute atomic E-state index is 12.4. The average Bonchev–Trinajstić information content (AvgIpc) is 2.93. The van der Waals surface area contributed by atoms with Gasteiger partial charge in [-0.1, -0.05) is 26.8 Å². The summed E-state index contributed by atoms with van der Waals surface area (Å²) < 4.78 is 5.13. The quantitative estimate of drug-likeness (QED) is 0.738. The lowest BCUT2D eigenvalue weighted by molar-refractivity contribution is -0.153. The van der Waals surface area contributed by atoms with Gasteiger partial charge in [0.1, 0.15) is 0 Å². The number of carbonyl (C=O) groups excluding carboxylic acids is 2. The third kappa shape index (κ3) is 2.25. The first-order chi connectivity index (χ1) is 11.8. The molecule has 1 amide bonds. The highest BCUT2D eigenvalue weighted by Crippen LogP contribution is 2.66. The number of allylic oxidation sites excluding steroid dienone is 2. The van der Waals surface area contributed by atoms with Crippen LogP contribution >= 0.6 is 0 Å². The van der Waals surface area contributed by atoms with E-state index in [9.17, 15) is 9.59 Å². The van der Waals surface area contributed by atoms with E-state index in [0.29, 0.717) is 30.1 Å². The maximum Gasteiger partial charge on any atom is 0.309 e. The van der Waals surface area contributed by atoms with Crippen molar-refractivity contribution in [3.63, 3.8) is 0 Å². The number of amides is 1. The number of ether oxygens (including phenoxy) is 1. The van der Waals surface area contributed by atoms with E-state index in [4.69, 9.17) is 4.74 Å². The Morgan fingerprint density at radius 2 is 1.96 bits per heavy atom.